The summed E-state index contributed by atoms with van der Waals surface area (Å²) in [6.07, 6.45) is 2.50. The van der Waals surface area contributed by atoms with Crippen molar-refractivity contribution in [3.8, 4) is 0 Å². The van der Waals surface area contributed by atoms with Crippen LogP contribution in [0, 0.1) is 18.3 Å². The van der Waals surface area contributed by atoms with E-state index in [2.05, 4.69) is 29.2 Å². The highest BCUT2D eigenvalue weighted by molar-refractivity contribution is 5.95. The van der Waals surface area contributed by atoms with Gasteiger partial charge in [-0.3, -0.25) is 9.69 Å². The normalized spacial score (nSPS) is 26.1. The predicted molar refractivity (Wildman–Crippen MR) is 98.7 cm³/mol. The van der Waals surface area contributed by atoms with Crippen molar-refractivity contribution in [2.24, 2.45) is 11.3 Å². The van der Waals surface area contributed by atoms with E-state index in [1.54, 1.807) is 12.3 Å². The van der Waals surface area contributed by atoms with Crippen LogP contribution in [0.5, 0.6) is 0 Å². The first-order valence-electron chi connectivity index (χ1n) is 9.32. The zero-order valence-corrected chi connectivity index (χ0v) is 15.2. The molecule has 5 heteroatoms. The molecule has 4 rings (SSSR count). The quantitative estimate of drug-likeness (QED) is 0.917. The first-order valence-corrected chi connectivity index (χ1v) is 9.32. The summed E-state index contributed by atoms with van der Waals surface area (Å²) in [7, 11) is 0. The van der Waals surface area contributed by atoms with E-state index in [-0.39, 0.29) is 17.9 Å². The van der Waals surface area contributed by atoms with E-state index in [9.17, 15) is 9.90 Å². The van der Waals surface area contributed by atoms with Crippen molar-refractivity contribution in [2.45, 2.75) is 19.9 Å². The van der Waals surface area contributed by atoms with Gasteiger partial charge in [-0.05, 0) is 30.9 Å². The highest BCUT2D eigenvalue weighted by Gasteiger charge is 2.50. The Morgan fingerprint density at radius 1 is 1.27 bits per heavy atom. The van der Waals surface area contributed by atoms with Gasteiger partial charge in [0, 0.05) is 38.1 Å². The number of aliphatic hydroxyl groups is 1. The number of carbonyl (C=O) groups excluding carboxylic acids is 1. The Bertz CT molecular complexity index is 773. The van der Waals surface area contributed by atoms with Crippen LogP contribution < -0.4 is 0 Å². The van der Waals surface area contributed by atoms with Crippen LogP contribution in [0.25, 0.3) is 0 Å². The first kappa shape index (κ1) is 17.3. The Morgan fingerprint density at radius 2 is 2.08 bits per heavy atom. The molecule has 26 heavy (non-hydrogen) atoms. The van der Waals surface area contributed by atoms with Crippen molar-refractivity contribution >= 4 is 5.91 Å². The zero-order chi connectivity index (χ0) is 18.1. The van der Waals surface area contributed by atoms with E-state index in [0.717, 1.165) is 32.6 Å². The molecule has 2 atom stereocenters. The van der Waals surface area contributed by atoms with Gasteiger partial charge in [0.15, 0.2) is 0 Å². The van der Waals surface area contributed by atoms with Crippen LogP contribution >= 0.6 is 0 Å². The lowest BCUT2D eigenvalue weighted by Gasteiger charge is -2.43. The molecule has 0 unspecified atom stereocenters. The molecule has 3 heterocycles. The summed E-state index contributed by atoms with van der Waals surface area (Å²) in [4.78, 5) is 17.2. The maximum Gasteiger partial charge on any atom is 0.257 e. The molecular formula is C21H26N2O3. The third-order valence-electron chi connectivity index (χ3n) is 6.08. The molecule has 2 aliphatic heterocycles. The molecule has 0 radical (unpaired) electrons. The predicted octanol–water partition coefficient (Wildman–Crippen LogP) is 2.54. The molecule has 0 aliphatic carbocycles. The number of benzene rings is 1. The van der Waals surface area contributed by atoms with Gasteiger partial charge in [-0.25, -0.2) is 0 Å². The minimum Gasteiger partial charge on any atom is -0.469 e. The van der Waals surface area contributed by atoms with Crippen LogP contribution in [-0.2, 0) is 6.54 Å². The molecule has 0 bridgehead atoms. The fraction of sp³-hybridized carbons (Fsp3) is 0.476. The van der Waals surface area contributed by atoms with Gasteiger partial charge in [0.05, 0.1) is 18.4 Å². The number of likely N-dealkylation sites (tertiary alicyclic amines) is 2. The molecule has 1 aromatic carbocycles. The molecule has 2 saturated heterocycles. The van der Waals surface area contributed by atoms with Gasteiger partial charge in [-0.1, -0.05) is 30.3 Å². The highest BCUT2D eigenvalue weighted by atomic mass is 16.3. The number of rotatable bonds is 4. The van der Waals surface area contributed by atoms with Crippen LogP contribution in [-0.4, -0.2) is 53.6 Å². The van der Waals surface area contributed by atoms with Gasteiger partial charge in [-0.2, -0.15) is 0 Å². The summed E-state index contributed by atoms with van der Waals surface area (Å²) in [5.41, 5.74) is 1.71. The van der Waals surface area contributed by atoms with Gasteiger partial charge in [0.1, 0.15) is 5.76 Å². The number of piperidine rings is 1. The topological polar surface area (TPSA) is 56.9 Å². The van der Waals surface area contributed by atoms with Gasteiger partial charge in [0.2, 0.25) is 0 Å². The van der Waals surface area contributed by atoms with Gasteiger partial charge < -0.3 is 14.4 Å². The second-order valence-corrected chi connectivity index (χ2v) is 7.78. The first-order chi connectivity index (χ1) is 12.6. The van der Waals surface area contributed by atoms with E-state index in [1.165, 1.54) is 5.56 Å². The van der Waals surface area contributed by atoms with E-state index >= 15 is 0 Å². The number of nitrogens with zero attached hydrogens (tertiary/aromatic N) is 2. The van der Waals surface area contributed by atoms with Crippen molar-refractivity contribution in [3.05, 3.63) is 59.5 Å². The molecule has 1 N–H and O–H groups in total. The molecule has 0 spiro atoms. The molecule has 2 fully saturated rings. The van der Waals surface area contributed by atoms with Gasteiger partial charge in [0.25, 0.3) is 5.91 Å². The smallest absolute Gasteiger partial charge is 0.257 e. The monoisotopic (exact) mass is 354 g/mol. The largest absolute Gasteiger partial charge is 0.469 e. The summed E-state index contributed by atoms with van der Waals surface area (Å²) < 4.78 is 5.29. The summed E-state index contributed by atoms with van der Waals surface area (Å²) in [5, 5.41) is 10.2. The van der Waals surface area contributed by atoms with Crippen LogP contribution in [0.3, 0.4) is 0 Å². The van der Waals surface area contributed by atoms with Crippen molar-refractivity contribution in [1.82, 2.24) is 9.80 Å². The highest BCUT2D eigenvalue weighted by Crippen LogP contribution is 2.42. The average molecular weight is 354 g/mol. The fourth-order valence-corrected chi connectivity index (χ4v) is 4.63. The summed E-state index contributed by atoms with van der Waals surface area (Å²) >= 11 is 0. The lowest BCUT2D eigenvalue weighted by Crippen LogP contribution is -2.52. The Kier molecular flexibility index (Phi) is 4.59. The molecule has 1 aromatic heterocycles. The molecule has 2 aliphatic rings. The number of furan rings is 1. The molecule has 138 valence electrons. The van der Waals surface area contributed by atoms with Crippen LogP contribution in [0.4, 0.5) is 0 Å². The summed E-state index contributed by atoms with van der Waals surface area (Å²) in [6.45, 7) is 6.02. The van der Waals surface area contributed by atoms with Crippen molar-refractivity contribution in [3.63, 3.8) is 0 Å². The summed E-state index contributed by atoms with van der Waals surface area (Å²) in [6, 6.07) is 12.2. The second-order valence-electron chi connectivity index (χ2n) is 7.78. The standard InChI is InChI=1S/C21H26N2O3/c1-16-19(8-10-26-16)20(25)23-9-7-18-12-22(13-21(18,14-23)15-24)11-17-5-3-2-4-6-17/h2-6,8,10,18,24H,7,9,11-15H2,1H3/t18-,21-/m0/s1. The third-order valence-corrected chi connectivity index (χ3v) is 6.08. The van der Waals surface area contributed by atoms with Crippen LogP contribution in [0.1, 0.15) is 28.1 Å². The number of aryl methyl sites for hydroxylation is 1. The molecule has 1 amide bonds. The Hall–Kier alpha value is -2.11. The number of aliphatic hydroxyl groups excluding tert-OH is 1. The maximum absolute atomic E-state index is 12.9. The number of amides is 1. The average Bonchev–Trinajstić information content (AvgIpc) is 3.24. The Morgan fingerprint density at radius 3 is 2.77 bits per heavy atom. The van der Waals surface area contributed by atoms with E-state index < -0.39 is 0 Å². The number of carbonyl (C=O) groups is 1. The minimum atomic E-state index is -0.222. The SMILES string of the molecule is Cc1occc1C(=O)N1CC[C@H]2CN(Cc3ccccc3)C[C@@]2(CO)C1. The Balaban J connectivity index is 1.49. The zero-order valence-electron chi connectivity index (χ0n) is 15.2. The minimum absolute atomic E-state index is 0.0176. The number of fused-ring (bicyclic) bond motifs is 1. The molecule has 5 nitrogen and oxygen atoms in total. The lowest BCUT2D eigenvalue weighted by atomic mass is 9.74. The molecular weight excluding hydrogens is 328 g/mol. The fourth-order valence-electron chi connectivity index (χ4n) is 4.63. The Labute approximate surface area is 154 Å². The van der Waals surface area contributed by atoms with Crippen molar-refractivity contribution in [2.75, 3.05) is 32.8 Å². The molecule has 0 saturated carbocycles. The molecule has 2 aromatic rings. The van der Waals surface area contributed by atoms with Crippen LogP contribution in [0.2, 0.25) is 0 Å². The van der Waals surface area contributed by atoms with E-state index in [1.807, 2.05) is 17.9 Å². The van der Waals surface area contributed by atoms with E-state index in [4.69, 9.17) is 4.42 Å². The second kappa shape index (κ2) is 6.89. The maximum atomic E-state index is 12.9. The number of hydrogen-bond donors (Lipinski definition) is 1. The van der Waals surface area contributed by atoms with Crippen LogP contribution in [0.15, 0.2) is 47.1 Å². The lowest BCUT2D eigenvalue weighted by molar-refractivity contribution is 0.0117. The van der Waals surface area contributed by atoms with Crippen molar-refractivity contribution < 1.29 is 14.3 Å². The van der Waals surface area contributed by atoms with Crippen molar-refractivity contribution in [1.29, 1.82) is 0 Å². The van der Waals surface area contributed by atoms with E-state index in [0.29, 0.717) is 23.8 Å². The van der Waals surface area contributed by atoms with Gasteiger partial charge >= 0.3 is 0 Å². The van der Waals surface area contributed by atoms with Gasteiger partial charge in [-0.15, -0.1) is 0 Å². The number of hydrogen-bond acceptors (Lipinski definition) is 4. The summed E-state index contributed by atoms with van der Waals surface area (Å²) in [5.74, 6) is 1.11. The third kappa shape index (κ3) is 3.06.